The molecular weight excluding hydrogens is 266 g/mol. The lowest BCUT2D eigenvalue weighted by molar-refractivity contribution is 0.392. The zero-order chi connectivity index (χ0) is 10.8. The van der Waals surface area contributed by atoms with Crippen LogP contribution in [-0.4, -0.2) is 24.5 Å². The SMILES string of the molecule is CCC(C)(CCBr)NS(=O)(=O)C1CC1. The average molecular weight is 284 g/mol. The molecule has 1 rings (SSSR count). The summed E-state index contributed by atoms with van der Waals surface area (Å²) < 4.78 is 26.3. The quantitative estimate of drug-likeness (QED) is 0.758. The van der Waals surface area contributed by atoms with Gasteiger partial charge in [-0.05, 0) is 32.6 Å². The number of alkyl halides is 1. The largest absolute Gasteiger partial charge is 0.214 e. The van der Waals surface area contributed by atoms with Crippen LogP contribution in [0, 0.1) is 0 Å². The fourth-order valence-electron chi connectivity index (χ4n) is 1.31. The Labute approximate surface area is 94.8 Å². The van der Waals surface area contributed by atoms with Crippen LogP contribution in [0.25, 0.3) is 0 Å². The predicted molar refractivity (Wildman–Crippen MR) is 62.2 cm³/mol. The molecule has 0 spiro atoms. The van der Waals surface area contributed by atoms with Gasteiger partial charge in [-0.15, -0.1) is 0 Å². The number of sulfonamides is 1. The molecule has 1 unspecified atom stereocenters. The van der Waals surface area contributed by atoms with Gasteiger partial charge in [-0.3, -0.25) is 0 Å². The highest BCUT2D eigenvalue weighted by Gasteiger charge is 2.39. The zero-order valence-corrected chi connectivity index (χ0v) is 11.1. The third-order valence-electron chi connectivity index (χ3n) is 2.78. The van der Waals surface area contributed by atoms with Gasteiger partial charge in [-0.1, -0.05) is 22.9 Å². The summed E-state index contributed by atoms with van der Waals surface area (Å²) in [5.41, 5.74) is -0.287. The predicted octanol–water partition coefficient (Wildman–Crippen LogP) is 2.02. The summed E-state index contributed by atoms with van der Waals surface area (Å²) in [5, 5.41) is 0.702. The Hall–Kier alpha value is 0.390. The van der Waals surface area contributed by atoms with Crippen LogP contribution in [0.3, 0.4) is 0 Å². The second-order valence-electron chi connectivity index (χ2n) is 4.20. The van der Waals surface area contributed by atoms with Crippen molar-refractivity contribution in [1.29, 1.82) is 0 Å². The molecular formula is C9H18BrNO2S. The van der Waals surface area contributed by atoms with E-state index in [1.54, 1.807) is 0 Å². The van der Waals surface area contributed by atoms with Gasteiger partial charge in [0.1, 0.15) is 0 Å². The summed E-state index contributed by atoms with van der Waals surface area (Å²) in [6.07, 6.45) is 3.30. The molecule has 0 radical (unpaired) electrons. The van der Waals surface area contributed by atoms with Crippen molar-refractivity contribution in [3.8, 4) is 0 Å². The highest BCUT2D eigenvalue weighted by Crippen LogP contribution is 2.30. The van der Waals surface area contributed by atoms with Gasteiger partial charge in [0.2, 0.25) is 10.0 Å². The Kier molecular flexibility index (Phi) is 4.00. The standard InChI is InChI=1S/C9H18BrNO2S/c1-3-9(2,6-7-10)11-14(12,13)8-4-5-8/h8,11H,3-7H2,1-2H3. The molecule has 1 aliphatic rings. The van der Waals surface area contributed by atoms with Crippen molar-refractivity contribution >= 4 is 26.0 Å². The van der Waals surface area contributed by atoms with Crippen LogP contribution in [0.1, 0.15) is 39.5 Å². The van der Waals surface area contributed by atoms with Crippen molar-refractivity contribution < 1.29 is 8.42 Å². The van der Waals surface area contributed by atoms with Gasteiger partial charge in [0.05, 0.1) is 5.25 Å². The fraction of sp³-hybridized carbons (Fsp3) is 1.00. The molecule has 0 aromatic rings. The van der Waals surface area contributed by atoms with Gasteiger partial charge in [-0.2, -0.15) is 0 Å². The van der Waals surface area contributed by atoms with E-state index in [1.165, 1.54) is 0 Å². The molecule has 1 aliphatic carbocycles. The Morgan fingerprint density at radius 1 is 1.50 bits per heavy atom. The summed E-state index contributed by atoms with van der Waals surface area (Å²) in [5.74, 6) is 0. The molecule has 1 fully saturated rings. The molecule has 84 valence electrons. The Morgan fingerprint density at radius 2 is 2.07 bits per heavy atom. The molecule has 3 nitrogen and oxygen atoms in total. The van der Waals surface area contributed by atoms with Gasteiger partial charge in [0.25, 0.3) is 0 Å². The molecule has 1 N–H and O–H groups in total. The molecule has 14 heavy (non-hydrogen) atoms. The van der Waals surface area contributed by atoms with E-state index >= 15 is 0 Å². The van der Waals surface area contributed by atoms with Crippen LogP contribution in [-0.2, 0) is 10.0 Å². The number of rotatable bonds is 6. The van der Waals surface area contributed by atoms with E-state index < -0.39 is 10.0 Å². The maximum Gasteiger partial charge on any atom is 0.214 e. The molecule has 0 aliphatic heterocycles. The lowest BCUT2D eigenvalue weighted by Gasteiger charge is -2.28. The summed E-state index contributed by atoms with van der Waals surface area (Å²) in [6, 6.07) is 0. The summed E-state index contributed by atoms with van der Waals surface area (Å²) in [7, 11) is -3.05. The van der Waals surface area contributed by atoms with Crippen LogP contribution in [0.5, 0.6) is 0 Å². The zero-order valence-electron chi connectivity index (χ0n) is 8.72. The Balaban J connectivity index is 2.63. The second-order valence-corrected chi connectivity index (χ2v) is 6.95. The first-order valence-electron chi connectivity index (χ1n) is 5.02. The van der Waals surface area contributed by atoms with Crippen molar-refractivity contribution in [3.05, 3.63) is 0 Å². The van der Waals surface area contributed by atoms with Gasteiger partial charge in [0, 0.05) is 10.9 Å². The van der Waals surface area contributed by atoms with E-state index in [0.717, 1.165) is 31.0 Å². The van der Waals surface area contributed by atoms with Crippen LogP contribution in [0.15, 0.2) is 0 Å². The third kappa shape index (κ3) is 3.21. The van der Waals surface area contributed by atoms with Crippen molar-refractivity contribution in [3.63, 3.8) is 0 Å². The monoisotopic (exact) mass is 283 g/mol. The summed E-state index contributed by atoms with van der Waals surface area (Å²) in [4.78, 5) is 0. The average Bonchev–Trinajstić information content (AvgIpc) is 2.85. The van der Waals surface area contributed by atoms with E-state index in [4.69, 9.17) is 0 Å². The number of halogens is 1. The third-order valence-corrected chi connectivity index (χ3v) is 5.30. The first-order chi connectivity index (χ1) is 6.43. The Bertz CT molecular complexity index is 287. The number of hydrogen-bond acceptors (Lipinski definition) is 2. The van der Waals surface area contributed by atoms with Gasteiger partial charge < -0.3 is 0 Å². The van der Waals surface area contributed by atoms with Crippen molar-refractivity contribution in [2.24, 2.45) is 0 Å². The maximum atomic E-state index is 11.7. The van der Waals surface area contributed by atoms with E-state index in [-0.39, 0.29) is 10.8 Å². The maximum absolute atomic E-state index is 11.7. The molecule has 5 heteroatoms. The molecule has 0 aromatic heterocycles. The normalized spacial score (nSPS) is 21.9. The van der Waals surface area contributed by atoms with Crippen molar-refractivity contribution in [1.82, 2.24) is 4.72 Å². The second kappa shape index (κ2) is 4.49. The first-order valence-corrected chi connectivity index (χ1v) is 7.69. The van der Waals surface area contributed by atoms with E-state index in [2.05, 4.69) is 20.7 Å². The lowest BCUT2D eigenvalue weighted by atomic mass is 9.98. The van der Waals surface area contributed by atoms with Crippen molar-refractivity contribution in [2.45, 2.75) is 50.3 Å². The topological polar surface area (TPSA) is 46.2 Å². The minimum absolute atomic E-state index is 0.122. The number of hydrogen-bond donors (Lipinski definition) is 1. The minimum atomic E-state index is -3.05. The van der Waals surface area contributed by atoms with Gasteiger partial charge >= 0.3 is 0 Å². The van der Waals surface area contributed by atoms with Crippen LogP contribution < -0.4 is 4.72 Å². The van der Waals surface area contributed by atoms with Gasteiger partial charge in [-0.25, -0.2) is 13.1 Å². The molecule has 1 saturated carbocycles. The van der Waals surface area contributed by atoms with Crippen molar-refractivity contribution in [2.75, 3.05) is 5.33 Å². The van der Waals surface area contributed by atoms with E-state index in [0.29, 0.717) is 0 Å². The smallest absolute Gasteiger partial charge is 0.212 e. The van der Waals surface area contributed by atoms with Crippen LogP contribution in [0.4, 0.5) is 0 Å². The molecule has 1 atom stereocenters. The lowest BCUT2D eigenvalue weighted by Crippen LogP contribution is -2.47. The molecule has 0 aromatic carbocycles. The van der Waals surface area contributed by atoms with Crippen LogP contribution in [0.2, 0.25) is 0 Å². The van der Waals surface area contributed by atoms with Gasteiger partial charge in [0.15, 0.2) is 0 Å². The Morgan fingerprint density at radius 3 is 2.43 bits per heavy atom. The molecule has 0 heterocycles. The number of nitrogens with one attached hydrogen (secondary N) is 1. The van der Waals surface area contributed by atoms with Crippen LogP contribution >= 0.6 is 15.9 Å². The molecule has 0 saturated heterocycles. The fourth-order valence-corrected chi connectivity index (χ4v) is 4.05. The highest BCUT2D eigenvalue weighted by atomic mass is 79.9. The summed E-state index contributed by atoms with van der Waals surface area (Å²) in [6.45, 7) is 3.98. The first kappa shape index (κ1) is 12.5. The highest BCUT2D eigenvalue weighted by molar-refractivity contribution is 9.09. The molecule has 0 bridgehead atoms. The summed E-state index contributed by atoms with van der Waals surface area (Å²) >= 11 is 3.35. The van der Waals surface area contributed by atoms with E-state index in [9.17, 15) is 8.42 Å². The minimum Gasteiger partial charge on any atom is -0.212 e. The van der Waals surface area contributed by atoms with E-state index in [1.807, 2.05) is 13.8 Å². The molecule has 0 amide bonds.